The SMILES string of the molecule is CCOC(=O)C1=C(C)N=c2s/c(=C\c3ccccc3OC)c(=O)n2[C@@H]1c1ccc(OC(C)C)c(OC)c1. The maximum Gasteiger partial charge on any atom is 0.338 e. The van der Waals surface area contributed by atoms with Crippen molar-refractivity contribution in [3.63, 3.8) is 0 Å². The average Bonchev–Trinajstić information content (AvgIpc) is 3.17. The number of benzene rings is 2. The molecule has 0 N–H and O–H groups in total. The Morgan fingerprint density at radius 1 is 1.11 bits per heavy atom. The van der Waals surface area contributed by atoms with Gasteiger partial charge in [-0.15, -0.1) is 0 Å². The number of thiazole rings is 1. The zero-order valence-corrected chi connectivity index (χ0v) is 22.5. The van der Waals surface area contributed by atoms with E-state index in [1.54, 1.807) is 50.8 Å². The highest BCUT2D eigenvalue weighted by molar-refractivity contribution is 7.07. The molecule has 8 nitrogen and oxygen atoms in total. The molecule has 1 aromatic heterocycles. The Hall–Kier alpha value is -3.85. The number of carbonyl (C=O) groups excluding carboxylic acids is 1. The number of rotatable bonds is 8. The van der Waals surface area contributed by atoms with Gasteiger partial charge in [-0.3, -0.25) is 9.36 Å². The molecule has 37 heavy (non-hydrogen) atoms. The third-order valence-electron chi connectivity index (χ3n) is 5.81. The molecule has 1 aliphatic heterocycles. The van der Waals surface area contributed by atoms with Crippen molar-refractivity contribution in [2.24, 2.45) is 4.99 Å². The maximum absolute atomic E-state index is 13.8. The zero-order valence-electron chi connectivity index (χ0n) is 21.7. The van der Waals surface area contributed by atoms with Gasteiger partial charge in [-0.2, -0.15) is 0 Å². The van der Waals surface area contributed by atoms with Crippen LogP contribution >= 0.6 is 11.3 Å². The lowest BCUT2D eigenvalue weighted by atomic mass is 9.95. The molecule has 0 fully saturated rings. The lowest BCUT2D eigenvalue weighted by Gasteiger charge is -2.25. The number of hydrogen-bond acceptors (Lipinski definition) is 8. The molecule has 1 aliphatic rings. The van der Waals surface area contributed by atoms with E-state index in [0.29, 0.717) is 43.4 Å². The largest absolute Gasteiger partial charge is 0.496 e. The van der Waals surface area contributed by atoms with Crippen LogP contribution in [0, 0.1) is 0 Å². The number of aromatic nitrogens is 1. The standard InChI is InChI=1S/C28H30N2O6S/c1-7-35-27(32)24-17(4)29-28-30(25(24)19-12-13-21(36-16(2)3)22(14-19)34-6)26(31)23(37-28)15-18-10-8-9-11-20(18)33-5/h8-16,25H,7H2,1-6H3/b23-15-/t25-/m1/s1. The summed E-state index contributed by atoms with van der Waals surface area (Å²) in [6.07, 6.45) is 1.73. The van der Waals surface area contributed by atoms with Crippen LogP contribution in [0.2, 0.25) is 0 Å². The molecule has 0 saturated carbocycles. The van der Waals surface area contributed by atoms with Gasteiger partial charge in [0.05, 0.1) is 48.8 Å². The van der Waals surface area contributed by atoms with Gasteiger partial charge >= 0.3 is 5.97 Å². The fraction of sp³-hybridized carbons (Fsp3) is 0.321. The van der Waals surface area contributed by atoms with Crippen molar-refractivity contribution >= 4 is 23.4 Å². The number of methoxy groups -OCH3 is 2. The van der Waals surface area contributed by atoms with Crippen LogP contribution in [-0.2, 0) is 9.53 Å². The van der Waals surface area contributed by atoms with Crippen molar-refractivity contribution < 1.29 is 23.7 Å². The second-order valence-electron chi connectivity index (χ2n) is 8.62. The van der Waals surface area contributed by atoms with E-state index in [9.17, 15) is 9.59 Å². The second kappa shape index (κ2) is 11.0. The summed E-state index contributed by atoms with van der Waals surface area (Å²) in [5.74, 6) is 1.21. The summed E-state index contributed by atoms with van der Waals surface area (Å²) in [5, 5.41) is 0. The molecular weight excluding hydrogens is 492 g/mol. The van der Waals surface area contributed by atoms with Crippen LogP contribution < -0.4 is 29.1 Å². The van der Waals surface area contributed by atoms with Gasteiger partial charge in [0.1, 0.15) is 5.75 Å². The van der Waals surface area contributed by atoms with Gasteiger partial charge in [0, 0.05) is 5.56 Å². The van der Waals surface area contributed by atoms with Gasteiger partial charge in [0.25, 0.3) is 5.56 Å². The van der Waals surface area contributed by atoms with Crippen LogP contribution in [0.3, 0.4) is 0 Å². The number of carbonyl (C=O) groups is 1. The van der Waals surface area contributed by atoms with Crippen molar-refractivity contribution in [2.75, 3.05) is 20.8 Å². The molecule has 0 aliphatic carbocycles. The average molecular weight is 523 g/mol. The molecule has 0 spiro atoms. The van der Waals surface area contributed by atoms with Gasteiger partial charge in [-0.05, 0) is 57.5 Å². The number of nitrogens with zero attached hydrogens (tertiary/aromatic N) is 2. The first kappa shape index (κ1) is 26.2. The van der Waals surface area contributed by atoms with Crippen LogP contribution in [0.15, 0.2) is 63.5 Å². The Labute approximate surface area is 219 Å². The van der Waals surface area contributed by atoms with Gasteiger partial charge in [-0.25, -0.2) is 9.79 Å². The first-order valence-corrected chi connectivity index (χ1v) is 12.8. The molecule has 2 heterocycles. The first-order valence-electron chi connectivity index (χ1n) is 12.0. The molecule has 194 valence electrons. The van der Waals surface area contributed by atoms with Crippen molar-refractivity contribution in [1.29, 1.82) is 0 Å². The topological polar surface area (TPSA) is 88.4 Å². The predicted molar refractivity (Wildman–Crippen MR) is 142 cm³/mol. The van der Waals surface area contributed by atoms with E-state index in [1.807, 2.05) is 44.2 Å². The molecule has 1 atom stereocenters. The quantitative estimate of drug-likeness (QED) is 0.420. The van der Waals surface area contributed by atoms with E-state index in [4.69, 9.17) is 18.9 Å². The number of esters is 1. The molecular formula is C28H30N2O6S. The molecule has 4 rings (SSSR count). The minimum atomic E-state index is -0.753. The van der Waals surface area contributed by atoms with E-state index < -0.39 is 12.0 Å². The summed E-state index contributed by atoms with van der Waals surface area (Å²) in [6, 6.07) is 12.1. The van der Waals surface area contributed by atoms with Crippen LogP contribution in [0.1, 0.15) is 44.9 Å². The summed E-state index contributed by atoms with van der Waals surface area (Å²) in [4.78, 5) is 32.1. The van der Waals surface area contributed by atoms with Crippen LogP contribution in [-0.4, -0.2) is 37.5 Å². The van der Waals surface area contributed by atoms with E-state index in [0.717, 1.165) is 5.56 Å². The molecule has 0 bridgehead atoms. The van der Waals surface area contributed by atoms with E-state index in [2.05, 4.69) is 4.99 Å². The highest BCUT2D eigenvalue weighted by atomic mass is 32.1. The molecule has 0 amide bonds. The molecule has 2 aromatic carbocycles. The van der Waals surface area contributed by atoms with E-state index in [-0.39, 0.29) is 18.3 Å². The Morgan fingerprint density at radius 3 is 2.51 bits per heavy atom. The van der Waals surface area contributed by atoms with Crippen molar-refractivity contribution in [1.82, 2.24) is 4.57 Å². The number of para-hydroxylation sites is 1. The van der Waals surface area contributed by atoms with Gasteiger partial charge in [0.15, 0.2) is 16.3 Å². The minimum Gasteiger partial charge on any atom is -0.496 e. The Morgan fingerprint density at radius 2 is 1.84 bits per heavy atom. The van der Waals surface area contributed by atoms with Crippen LogP contribution in [0.4, 0.5) is 0 Å². The number of ether oxygens (including phenoxy) is 4. The lowest BCUT2D eigenvalue weighted by molar-refractivity contribution is -0.139. The van der Waals surface area contributed by atoms with Crippen LogP contribution in [0.25, 0.3) is 6.08 Å². The predicted octanol–water partition coefficient (Wildman–Crippen LogP) is 3.60. The normalized spacial score (nSPS) is 15.3. The van der Waals surface area contributed by atoms with Crippen molar-refractivity contribution in [2.45, 2.75) is 39.8 Å². The molecule has 9 heteroatoms. The smallest absolute Gasteiger partial charge is 0.338 e. The summed E-state index contributed by atoms with van der Waals surface area (Å²) in [5.41, 5.74) is 1.98. The first-order chi connectivity index (χ1) is 17.8. The van der Waals surface area contributed by atoms with E-state index >= 15 is 0 Å². The third kappa shape index (κ3) is 5.17. The highest BCUT2D eigenvalue weighted by Crippen LogP contribution is 2.36. The van der Waals surface area contributed by atoms with Gasteiger partial charge < -0.3 is 18.9 Å². The van der Waals surface area contributed by atoms with Crippen LogP contribution in [0.5, 0.6) is 17.2 Å². The van der Waals surface area contributed by atoms with Gasteiger partial charge in [-0.1, -0.05) is 35.6 Å². The van der Waals surface area contributed by atoms with Crippen molar-refractivity contribution in [3.05, 3.63) is 84.5 Å². The van der Waals surface area contributed by atoms with E-state index in [1.165, 1.54) is 11.3 Å². The van der Waals surface area contributed by atoms with Crippen molar-refractivity contribution in [3.8, 4) is 17.2 Å². The Balaban J connectivity index is 1.96. The monoisotopic (exact) mass is 522 g/mol. The Kier molecular flexibility index (Phi) is 7.83. The summed E-state index contributed by atoms with van der Waals surface area (Å²) in [6.45, 7) is 7.55. The minimum absolute atomic E-state index is 0.0513. The fourth-order valence-corrected chi connectivity index (χ4v) is 5.28. The number of hydrogen-bond donors (Lipinski definition) is 0. The third-order valence-corrected chi connectivity index (χ3v) is 6.79. The number of allylic oxidation sites excluding steroid dienone is 1. The number of fused-ring (bicyclic) bond motifs is 1. The fourth-order valence-electron chi connectivity index (χ4n) is 4.24. The molecule has 3 aromatic rings. The zero-order chi connectivity index (χ0) is 26.7. The second-order valence-corrected chi connectivity index (χ2v) is 9.63. The molecule has 0 unspecified atom stereocenters. The summed E-state index contributed by atoms with van der Waals surface area (Å²) < 4.78 is 24.3. The van der Waals surface area contributed by atoms with Gasteiger partial charge in [0.2, 0.25) is 0 Å². The Bertz CT molecular complexity index is 1530. The summed E-state index contributed by atoms with van der Waals surface area (Å²) in [7, 11) is 3.14. The molecule has 0 radical (unpaired) electrons. The summed E-state index contributed by atoms with van der Waals surface area (Å²) >= 11 is 1.26. The lowest BCUT2D eigenvalue weighted by Crippen LogP contribution is -2.40. The maximum atomic E-state index is 13.8. The molecule has 0 saturated heterocycles. The highest BCUT2D eigenvalue weighted by Gasteiger charge is 2.34.